The predicted octanol–water partition coefficient (Wildman–Crippen LogP) is 2.47. The van der Waals surface area contributed by atoms with Gasteiger partial charge in [0.25, 0.3) is 0 Å². The van der Waals surface area contributed by atoms with Gasteiger partial charge in [0.2, 0.25) is 5.58 Å². The summed E-state index contributed by atoms with van der Waals surface area (Å²) in [6.45, 7) is 2.08. The fourth-order valence-corrected chi connectivity index (χ4v) is 1.57. The fourth-order valence-electron chi connectivity index (χ4n) is 1.57. The predicted molar refractivity (Wildman–Crippen MR) is 57.1 cm³/mol. The van der Waals surface area contributed by atoms with E-state index in [1.54, 1.807) is 0 Å². The average molecular weight is 221 g/mol. The van der Waals surface area contributed by atoms with Crippen LogP contribution in [-0.4, -0.2) is 15.1 Å². The molecule has 0 radical (unpaired) electrons. The van der Waals surface area contributed by atoms with Crippen molar-refractivity contribution < 1.29 is 9.45 Å². The molecule has 0 fully saturated rings. The number of aryl methyl sites for hydroxylation is 1. The zero-order valence-corrected chi connectivity index (χ0v) is 8.84. The second kappa shape index (κ2) is 4.26. The van der Waals surface area contributed by atoms with Gasteiger partial charge in [-0.2, -0.15) is 0 Å². The third-order valence-corrected chi connectivity index (χ3v) is 2.42. The van der Waals surface area contributed by atoms with Crippen LogP contribution in [0.5, 0.6) is 0 Å². The van der Waals surface area contributed by atoms with Gasteiger partial charge in [-0.05, 0) is 12.8 Å². The van der Waals surface area contributed by atoms with Crippen LogP contribution in [0.2, 0.25) is 0 Å². The number of nitrogens with zero attached hydrogens (tertiary/aromatic N) is 3. The van der Waals surface area contributed by atoms with Crippen molar-refractivity contribution in [3.63, 3.8) is 0 Å². The van der Waals surface area contributed by atoms with Gasteiger partial charge in [0.15, 0.2) is 0 Å². The summed E-state index contributed by atoms with van der Waals surface area (Å²) in [5, 5.41) is 15.0. The lowest BCUT2D eigenvalue weighted by Gasteiger charge is -1.99. The van der Waals surface area contributed by atoms with Crippen molar-refractivity contribution in [2.75, 3.05) is 0 Å². The third-order valence-electron chi connectivity index (χ3n) is 2.42. The first-order valence-corrected chi connectivity index (χ1v) is 5.10. The van der Waals surface area contributed by atoms with E-state index in [1.165, 1.54) is 12.4 Å². The summed E-state index contributed by atoms with van der Waals surface area (Å²) in [4.78, 5) is 14.3. The molecule has 0 saturated heterocycles. The van der Waals surface area contributed by atoms with Gasteiger partial charge in [0, 0.05) is 0 Å². The highest BCUT2D eigenvalue weighted by Gasteiger charge is 2.19. The Morgan fingerprint density at radius 3 is 3.00 bits per heavy atom. The van der Waals surface area contributed by atoms with Crippen LogP contribution < -0.4 is 0 Å². The van der Waals surface area contributed by atoms with Crippen LogP contribution in [0, 0.1) is 10.1 Å². The van der Waals surface area contributed by atoms with Crippen LogP contribution in [0.1, 0.15) is 25.5 Å². The smallest absolute Gasteiger partial charge is 0.333 e. The SMILES string of the molecule is CCCCc1ncc([N+](=O)[O-])c2oncc12. The molecule has 0 saturated carbocycles. The second-order valence-corrected chi connectivity index (χ2v) is 3.52. The van der Waals surface area contributed by atoms with Gasteiger partial charge in [-0.1, -0.05) is 18.5 Å². The summed E-state index contributed by atoms with van der Waals surface area (Å²) in [7, 11) is 0. The molecule has 0 aliphatic rings. The average Bonchev–Trinajstić information content (AvgIpc) is 2.74. The van der Waals surface area contributed by atoms with Gasteiger partial charge in [0.1, 0.15) is 6.20 Å². The molecule has 0 unspecified atom stereocenters. The van der Waals surface area contributed by atoms with Crippen LogP contribution in [0.4, 0.5) is 5.69 Å². The Morgan fingerprint density at radius 1 is 1.50 bits per heavy atom. The minimum absolute atomic E-state index is 0.132. The standard InChI is InChI=1S/C10H11N3O3/c1-2-3-4-8-7-5-12-16-10(7)9(6-11-8)13(14)15/h5-6H,2-4H2,1H3. The molecule has 0 atom stereocenters. The topological polar surface area (TPSA) is 82.1 Å². The Morgan fingerprint density at radius 2 is 2.31 bits per heavy atom. The van der Waals surface area contributed by atoms with Crippen molar-refractivity contribution in [2.45, 2.75) is 26.2 Å². The van der Waals surface area contributed by atoms with Crippen molar-refractivity contribution in [1.82, 2.24) is 10.1 Å². The van der Waals surface area contributed by atoms with E-state index in [0.29, 0.717) is 5.39 Å². The quantitative estimate of drug-likeness (QED) is 0.585. The van der Waals surface area contributed by atoms with Crippen LogP contribution in [0.3, 0.4) is 0 Å². The summed E-state index contributed by atoms with van der Waals surface area (Å²) in [5.41, 5.74) is 0.891. The minimum Gasteiger partial charge on any atom is -0.349 e. The maximum atomic E-state index is 10.7. The van der Waals surface area contributed by atoms with Gasteiger partial charge in [-0.3, -0.25) is 15.1 Å². The molecule has 6 nitrogen and oxygen atoms in total. The Labute approximate surface area is 91.4 Å². The molecule has 0 amide bonds. The van der Waals surface area contributed by atoms with Gasteiger partial charge in [0.05, 0.1) is 22.2 Å². The van der Waals surface area contributed by atoms with E-state index < -0.39 is 4.92 Å². The first-order chi connectivity index (χ1) is 7.74. The molecule has 0 spiro atoms. The summed E-state index contributed by atoms with van der Waals surface area (Å²) in [5.74, 6) is 0. The Kier molecular flexibility index (Phi) is 2.80. The Hall–Kier alpha value is -1.98. The van der Waals surface area contributed by atoms with Gasteiger partial charge in [-0.25, -0.2) is 0 Å². The van der Waals surface area contributed by atoms with E-state index in [0.717, 1.165) is 25.0 Å². The largest absolute Gasteiger partial charge is 0.349 e. The normalized spacial score (nSPS) is 10.8. The summed E-state index contributed by atoms with van der Waals surface area (Å²) >= 11 is 0. The van der Waals surface area contributed by atoms with Crippen molar-refractivity contribution in [1.29, 1.82) is 0 Å². The molecular weight excluding hydrogens is 210 g/mol. The molecule has 16 heavy (non-hydrogen) atoms. The highest BCUT2D eigenvalue weighted by Crippen LogP contribution is 2.26. The Balaban J connectivity index is 2.50. The zero-order chi connectivity index (χ0) is 11.5. The summed E-state index contributed by atoms with van der Waals surface area (Å²) in [6.07, 6.45) is 5.54. The molecule has 0 aromatic carbocycles. The van der Waals surface area contributed by atoms with Crippen molar-refractivity contribution >= 4 is 16.7 Å². The Bertz CT molecular complexity index is 521. The van der Waals surface area contributed by atoms with E-state index in [4.69, 9.17) is 4.52 Å². The molecule has 2 rings (SSSR count). The third kappa shape index (κ3) is 1.73. The minimum atomic E-state index is -0.510. The van der Waals surface area contributed by atoms with Crippen LogP contribution in [0.15, 0.2) is 16.9 Å². The highest BCUT2D eigenvalue weighted by molar-refractivity contribution is 5.86. The van der Waals surface area contributed by atoms with E-state index in [-0.39, 0.29) is 11.3 Å². The highest BCUT2D eigenvalue weighted by atomic mass is 16.6. The molecule has 2 aromatic rings. The summed E-state index contributed by atoms with van der Waals surface area (Å²) in [6, 6.07) is 0. The molecule has 2 heterocycles. The fraction of sp³-hybridized carbons (Fsp3) is 0.400. The molecule has 0 bridgehead atoms. The van der Waals surface area contributed by atoms with Crippen LogP contribution >= 0.6 is 0 Å². The van der Waals surface area contributed by atoms with Crippen LogP contribution in [0.25, 0.3) is 11.0 Å². The lowest BCUT2D eigenvalue weighted by molar-refractivity contribution is -0.384. The van der Waals surface area contributed by atoms with Gasteiger partial charge in [-0.15, -0.1) is 0 Å². The number of hydrogen-bond donors (Lipinski definition) is 0. The van der Waals surface area contributed by atoms with E-state index in [9.17, 15) is 10.1 Å². The molecule has 84 valence electrons. The lowest BCUT2D eigenvalue weighted by Crippen LogP contribution is -1.95. The zero-order valence-electron chi connectivity index (χ0n) is 8.84. The van der Waals surface area contributed by atoms with Gasteiger partial charge < -0.3 is 4.52 Å². The number of fused-ring (bicyclic) bond motifs is 1. The number of pyridine rings is 1. The number of unbranched alkanes of at least 4 members (excludes halogenated alkanes) is 1. The molecular formula is C10H11N3O3. The van der Waals surface area contributed by atoms with E-state index in [2.05, 4.69) is 17.1 Å². The molecule has 0 aliphatic heterocycles. The monoisotopic (exact) mass is 221 g/mol. The molecule has 2 aromatic heterocycles. The van der Waals surface area contributed by atoms with Gasteiger partial charge >= 0.3 is 5.69 Å². The first-order valence-electron chi connectivity index (χ1n) is 5.10. The maximum Gasteiger partial charge on any atom is 0.333 e. The summed E-state index contributed by atoms with van der Waals surface area (Å²) < 4.78 is 4.90. The van der Waals surface area contributed by atoms with E-state index in [1.807, 2.05) is 0 Å². The van der Waals surface area contributed by atoms with Crippen molar-refractivity contribution in [3.05, 3.63) is 28.2 Å². The number of nitro groups is 1. The maximum absolute atomic E-state index is 10.7. The number of rotatable bonds is 4. The second-order valence-electron chi connectivity index (χ2n) is 3.52. The van der Waals surface area contributed by atoms with Crippen molar-refractivity contribution in [2.24, 2.45) is 0 Å². The number of aromatic nitrogens is 2. The van der Waals surface area contributed by atoms with Crippen molar-refractivity contribution in [3.8, 4) is 0 Å². The molecule has 0 N–H and O–H groups in total. The molecule has 6 heteroatoms. The first kappa shape index (κ1) is 10.5. The lowest BCUT2D eigenvalue weighted by atomic mass is 10.1. The molecule has 0 aliphatic carbocycles. The van der Waals surface area contributed by atoms with E-state index >= 15 is 0 Å². The number of hydrogen-bond acceptors (Lipinski definition) is 5. The van der Waals surface area contributed by atoms with Crippen LogP contribution in [-0.2, 0) is 6.42 Å².